The summed E-state index contributed by atoms with van der Waals surface area (Å²) in [4.78, 5) is 14.1. The molecule has 0 aliphatic heterocycles. The molecular weight excluding hydrogens is 318 g/mol. The monoisotopic (exact) mass is 341 g/mol. The fraction of sp³-hybridized carbons (Fsp3) is 0.643. The molecule has 0 saturated heterocycles. The van der Waals surface area contributed by atoms with Crippen molar-refractivity contribution < 1.29 is 8.42 Å². The molecule has 0 radical (unpaired) electrons. The number of nitrogens with one attached hydrogen (secondary N) is 2. The summed E-state index contributed by atoms with van der Waals surface area (Å²) in [5, 5.41) is 7.73. The minimum atomic E-state index is -3.45. The molecule has 0 aromatic carbocycles. The molecule has 8 nitrogen and oxygen atoms in total. The third-order valence-corrected chi connectivity index (χ3v) is 5.57. The van der Waals surface area contributed by atoms with Crippen LogP contribution in [0.2, 0.25) is 0 Å². The number of hydrogen-bond acceptors (Lipinski definition) is 5. The maximum atomic E-state index is 12.3. The maximum Gasteiger partial charge on any atom is 0.293 e. The van der Waals surface area contributed by atoms with Crippen molar-refractivity contribution in [3.63, 3.8) is 0 Å². The Bertz CT molecular complexity index is 837. The third kappa shape index (κ3) is 4.17. The van der Waals surface area contributed by atoms with Crippen LogP contribution in [0.25, 0.3) is 5.65 Å². The summed E-state index contributed by atoms with van der Waals surface area (Å²) in [6, 6.07) is -0.582. The highest BCUT2D eigenvalue weighted by Crippen LogP contribution is 2.25. The van der Waals surface area contributed by atoms with Crippen molar-refractivity contribution >= 4 is 15.7 Å². The van der Waals surface area contributed by atoms with Gasteiger partial charge in [-0.15, -0.1) is 10.2 Å². The van der Waals surface area contributed by atoms with Crippen molar-refractivity contribution in [2.24, 2.45) is 5.41 Å². The van der Waals surface area contributed by atoms with Gasteiger partial charge in [-0.3, -0.25) is 9.20 Å². The molecule has 2 aromatic rings. The van der Waals surface area contributed by atoms with E-state index in [4.69, 9.17) is 0 Å². The van der Waals surface area contributed by atoms with Crippen LogP contribution in [-0.2, 0) is 10.0 Å². The van der Waals surface area contributed by atoms with Crippen LogP contribution in [0.1, 0.15) is 52.4 Å². The van der Waals surface area contributed by atoms with Crippen LogP contribution in [0.15, 0.2) is 17.2 Å². The van der Waals surface area contributed by atoms with Crippen LogP contribution in [-0.4, -0.2) is 33.8 Å². The number of aromatic amines is 1. The first-order chi connectivity index (χ1) is 10.7. The minimum Gasteiger partial charge on any atom is -0.324 e. The van der Waals surface area contributed by atoms with Crippen molar-refractivity contribution in [2.45, 2.75) is 46.6 Å². The van der Waals surface area contributed by atoms with Gasteiger partial charge in [0.15, 0.2) is 5.82 Å². The van der Waals surface area contributed by atoms with Gasteiger partial charge in [-0.1, -0.05) is 27.2 Å². The maximum absolute atomic E-state index is 12.3. The van der Waals surface area contributed by atoms with Crippen LogP contribution in [0, 0.1) is 5.41 Å². The summed E-state index contributed by atoms with van der Waals surface area (Å²) in [7, 11) is -3.45. The average Bonchev–Trinajstić information content (AvgIpc) is 2.91. The van der Waals surface area contributed by atoms with E-state index in [-0.39, 0.29) is 22.4 Å². The lowest BCUT2D eigenvalue weighted by Gasteiger charge is -2.22. The lowest BCUT2D eigenvalue weighted by atomic mass is 9.87. The molecule has 1 unspecified atom stereocenters. The quantitative estimate of drug-likeness (QED) is 0.787. The van der Waals surface area contributed by atoms with Gasteiger partial charge in [0.25, 0.3) is 5.56 Å². The number of H-pyrrole nitrogens is 1. The lowest BCUT2D eigenvalue weighted by molar-refractivity contribution is 0.337. The largest absolute Gasteiger partial charge is 0.324 e. The highest BCUT2D eigenvalue weighted by atomic mass is 32.2. The molecule has 2 N–H and O–H groups in total. The molecule has 2 heterocycles. The number of fused-ring (bicyclic) bond motifs is 1. The van der Waals surface area contributed by atoms with Gasteiger partial charge in [-0.25, -0.2) is 13.1 Å². The molecule has 0 saturated carbocycles. The number of hydrogen-bond donors (Lipinski definition) is 2. The first-order valence-electron chi connectivity index (χ1n) is 7.57. The average molecular weight is 341 g/mol. The summed E-state index contributed by atoms with van der Waals surface area (Å²) in [5.74, 6) is 0.430. The van der Waals surface area contributed by atoms with Crippen molar-refractivity contribution in [3.05, 3.63) is 28.6 Å². The van der Waals surface area contributed by atoms with Gasteiger partial charge in [-0.2, -0.15) is 0 Å². The van der Waals surface area contributed by atoms with Gasteiger partial charge in [-0.05, 0) is 18.8 Å². The highest BCUT2D eigenvalue weighted by molar-refractivity contribution is 7.89. The van der Waals surface area contributed by atoms with Gasteiger partial charge >= 0.3 is 0 Å². The minimum absolute atomic E-state index is 0.0210. The molecule has 0 spiro atoms. The number of nitrogens with zero attached hydrogens (tertiary/aromatic N) is 3. The van der Waals surface area contributed by atoms with Crippen LogP contribution >= 0.6 is 0 Å². The Morgan fingerprint density at radius 1 is 1.39 bits per heavy atom. The van der Waals surface area contributed by atoms with E-state index in [1.54, 1.807) is 13.1 Å². The first kappa shape index (κ1) is 17.6. The fourth-order valence-electron chi connectivity index (χ4n) is 2.12. The number of aromatic nitrogens is 4. The predicted octanol–water partition coefficient (Wildman–Crippen LogP) is 1.22. The molecule has 128 valence electrons. The molecule has 0 amide bonds. The Morgan fingerprint density at radius 2 is 2.09 bits per heavy atom. The van der Waals surface area contributed by atoms with Gasteiger partial charge in [0.2, 0.25) is 15.7 Å². The summed E-state index contributed by atoms with van der Waals surface area (Å²) in [5.41, 5.74) is -0.251. The van der Waals surface area contributed by atoms with E-state index in [1.807, 2.05) is 20.8 Å². The van der Waals surface area contributed by atoms with Crippen molar-refractivity contribution in [1.82, 2.24) is 24.3 Å². The molecule has 2 aromatic heterocycles. The molecule has 0 aliphatic rings. The van der Waals surface area contributed by atoms with Crippen molar-refractivity contribution in [3.8, 4) is 0 Å². The third-order valence-electron chi connectivity index (χ3n) is 4.11. The molecule has 0 fully saturated rings. The van der Waals surface area contributed by atoms with E-state index in [0.29, 0.717) is 12.2 Å². The standard InChI is InChI=1S/C14H23N5O3S/c1-5-14(3,4)6-9-23(21,22)18-10(2)11-16-17-12-13(20)15-7-8-19(11)12/h7-8,10,18H,5-6,9H2,1-4H3,(H,15,20). The van der Waals surface area contributed by atoms with Gasteiger partial charge in [0.1, 0.15) is 0 Å². The second-order valence-electron chi connectivity index (χ2n) is 6.47. The van der Waals surface area contributed by atoms with E-state index in [0.717, 1.165) is 6.42 Å². The van der Waals surface area contributed by atoms with Crippen molar-refractivity contribution in [1.29, 1.82) is 0 Å². The molecule has 23 heavy (non-hydrogen) atoms. The fourth-order valence-corrected chi connectivity index (χ4v) is 3.70. The molecule has 0 aliphatic carbocycles. The molecular formula is C14H23N5O3S. The first-order valence-corrected chi connectivity index (χ1v) is 9.23. The van der Waals surface area contributed by atoms with Crippen LogP contribution in [0.5, 0.6) is 0 Å². The highest BCUT2D eigenvalue weighted by Gasteiger charge is 2.24. The van der Waals surface area contributed by atoms with Gasteiger partial charge in [0.05, 0.1) is 11.8 Å². The predicted molar refractivity (Wildman–Crippen MR) is 87.6 cm³/mol. The summed E-state index contributed by atoms with van der Waals surface area (Å²) in [6.45, 7) is 7.82. The van der Waals surface area contributed by atoms with Crippen LogP contribution in [0.4, 0.5) is 0 Å². The Balaban J connectivity index is 2.15. The second kappa shape index (κ2) is 6.40. The van der Waals surface area contributed by atoms with E-state index >= 15 is 0 Å². The second-order valence-corrected chi connectivity index (χ2v) is 8.34. The Kier molecular flexibility index (Phi) is 4.90. The topological polar surface area (TPSA) is 109 Å². The summed E-state index contributed by atoms with van der Waals surface area (Å²) in [6.07, 6.45) is 4.55. The normalized spacial score (nSPS) is 14.3. The molecule has 2 rings (SSSR count). The smallest absolute Gasteiger partial charge is 0.293 e. The van der Waals surface area contributed by atoms with E-state index in [2.05, 4.69) is 19.9 Å². The zero-order chi connectivity index (χ0) is 17.3. The van der Waals surface area contributed by atoms with Crippen LogP contribution < -0.4 is 10.3 Å². The van der Waals surface area contributed by atoms with E-state index in [9.17, 15) is 13.2 Å². The Morgan fingerprint density at radius 3 is 2.74 bits per heavy atom. The zero-order valence-corrected chi connectivity index (χ0v) is 14.6. The van der Waals surface area contributed by atoms with Gasteiger partial charge in [0, 0.05) is 12.4 Å². The Hall–Kier alpha value is -1.74. The molecule has 9 heteroatoms. The molecule has 1 atom stereocenters. The SMILES string of the molecule is CCC(C)(C)CCS(=O)(=O)NC(C)c1nnc2c(=O)[nH]ccn12. The van der Waals surface area contributed by atoms with Crippen LogP contribution in [0.3, 0.4) is 0 Å². The summed E-state index contributed by atoms with van der Waals surface area (Å²) >= 11 is 0. The van der Waals surface area contributed by atoms with E-state index in [1.165, 1.54) is 10.6 Å². The zero-order valence-electron chi connectivity index (χ0n) is 13.8. The number of rotatable bonds is 7. The lowest BCUT2D eigenvalue weighted by Crippen LogP contribution is -2.32. The summed E-state index contributed by atoms with van der Waals surface area (Å²) < 4.78 is 28.6. The molecule has 0 bridgehead atoms. The Labute approximate surface area is 135 Å². The van der Waals surface area contributed by atoms with E-state index < -0.39 is 16.1 Å². The number of sulfonamides is 1. The van der Waals surface area contributed by atoms with Crippen molar-refractivity contribution in [2.75, 3.05) is 5.75 Å². The van der Waals surface area contributed by atoms with Gasteiger partial charge < -0.3 is 4.98 Å².